The minimum absolute atomic E-state index is 0.0432. The number of aliphatic hydroxyl groups is 1. The molecule has 2 heterocycles. The minimum atomic E-state index is -1.55. The van der Waals surface area contributed by atoms with E-state index in [9.17, 15) is 53.4 Å². The summed E-state index contributed by atoms with van der Waals surface area (Å²) in [4.78, 5) is 132. The molecule has 422 valence electrons. The predicted octanol–water partition coefficient (Wildman–Crippen LogP) is -6.07. The fraction of sp³-hybridized carbons (Fsp3) is 0.674. The number of hydrogen-bond donors (Lipinski definition) is 17. The summed E-state index contributed by atoms with van der Waals surface area (Å²) in [6.45, 7) is 5.56. The Hall–Kier alpha value is -6.79. The number of rotatable bonds is 36. The number of carboxylic acid groups (broad SMARTS) is 1. The second-order valence-corrected chi connectivity index (χ2v) is 18.4. The summed E-state index contributed by atoms with van der Waals surface area (Å²) in [7, 11) is 0. The number of H-pyrrole nitrogens is 1. The number of carbonyl (C=O) groups excluding carboxylic acids is 8. The molecule has 2 rings (SSSR count). The second-order valence-electron chi connectivity index (χ2n) is 18.4. The largest absolute Gasteiger partial charge is 0.477 e. The number of unbranched alkanes of at least 4 members (excludes halogenated alkanes) is 2. The fourth-order valence-electron chi connectivity index (χ4n) is 7.70. The number of imidazole rings is 1. The van der Waals surface area contributed by atoms with Crippen molar-refractivity contribution in [1.29, 1.82) is 0 Å². The maximum atomic E-state index is 14.2. The number of nitrogens with zero attached hydrogens (tertiary/aromatic N) is 3. The summed E-state index contributed by atoms with van der Waals surface area (Å²) in [5, 5.41) is 41.0. The quantitative estimate of drug-likeness (QED) is 0.0129. The molecule has 0 aromatic carbocycles. The SMILES string of the molecule is CC(C)NCCCC[C@H](N)C(=O)N[C@H](C(=O)NC(C)C(=O)NCC(=O)N[C@H](CCCN)C(=O)N1CCC[C@H]1C(=O)N[C@@H](Cc1cnc[nH]1)C(=O)N[C@@H](CCCCN)C(=O)N/C(=C\CCN=C(N)N)C(=O)O)[C@@H](O)CN. The summed E-state index contributed by atoms with van der Waals surface area (Å²) < 4.78 is 0. The first-order chi connectivity index (χ1) is 35.6. The third-order valence-corrected chi connectivity index (χ3v) is 11.8. The number of nitrogens with one attached hydrogen (secondary N) is 9. The van der Waals surface area contributed by atoms with Crippen LogP contribution in [0.15, 0.2) is 29.3 Å². The molecule has 1 aromatic heterocycles. The Morgan fingerprint density at radius 1 is 0.827 bits per heavy atom. The first-order valence-electron chi connectivity index (χ1n) is 25.3. The van der Waals surface area contributed by atoms with E-state index in [1.165, 1.54) is 30.4 Å². The topological polar surface area (TPSA) is 491 Å². The Kier molecular flexibility index (Phi) is 29.7. The summed E-state index contributed by atoms with van der Waals surface area (Å²) in [6, 6.07) is -8.46. The Morgan fingerprint density at radius 3 is 2.15 bits per heavy atom. The van der Waals surface area contributed by atoms with E-state index < -0.39 is 120 Å². The lowest BCUT2D eigenvalue weighted by molar-refractivity contribution is -0.142. The number of aromatic amines is 1. The van der Waals surface area contributed by atoms with Gasteiger partial charge < -0.3 is 97.0 Å². The Labute approximate surface area is 436 Å². The van der Waals surface area contributed by atoms with E-state index in [0.29, 0.717) is 43.8 Å². The van der Waals surface area contributed by atoms with Gasteiger partial charge in [-0.2, -0.15) is 0 Å². The van der Waals surface area contributed by atoms with Crippen molar-refractivity contribution in [3.05, 3.63) is 30.0 Å². The van der Waals surface area contributed by atoms with Crippen molar-refractivity contribution < 1.29 is 53.4 Å². The molecule has 1 aliphatic heterocycles. The van der Waals surface area contributed by atoms with Crippen LogP contribution in [0.1, 0.15) is 97.1 Å². The lowest BCUT2D eigenvalue weighted by atomic mass is 10.1. The van der Waals surface area contributed by atoms with Gasteiger partial charge in [0.15, 0.2) is 5.96 Å². The number of hydrogen-bond acceptors (Lipinski definition) is 17. The zero-order valence-corrected chi connectivity index (χ0v) is 43.2. The van der Waals surface area contributed by atoms with Crippen LogP contribution >= 0.6 is 0 Å². The maximum Gasteiger partial charge on any atom is 0.352 e. The number of aromatic nitrogens is 2. The van der Waals surface area contributed by atoms with Crippen molar-refractivity contribution in [1.82, 2.24) is 57.4 Å². The molecule has 75 heavy (non-hydrogen) atoms. The van der Waals surface area contributed by atoms with Gasteiger partial charge in [0.25, 0.3) is 0 Å². The van der Waals surface area contributed by atoms with E-state index in [2.05, 4.69) is 57.5 Å². The highest BCUT2D eigenvalue weighted by Gasteiger charge is 2.40. The normalized spacial score (nSPS) is 16.3. The lowest BCUT2D eigenvalue weighted by Crippen LogP contribution is -2.60. The molecule has 0 radical (unpaired) electrons. The van der Waals surface area contributed by atoms with E-state index in [1.807, 2.05) is 13.8 Å². The molecule has 0 bridgehead atoms. The van der Waals surface area contributed by atoms with Crippen molar-refractivity contribution in [3.8, 4) is 0 Å². The standard InChI is InChI=1S/C46H82N18O11/c1-26(2)54-18-7-5-11-29(50)39(68)63-37(35(65)22-49)43(72)58-27(3)38(67)56-24-36(66)59-31(13-8-17-48)44(73)64-20-10-15-34(64)42(71)62-33(21-28-23-53-25-57-28)41(70)60-30(12-4-6-16-47)40(69)61-32(45(74)75)14-9-19-55-46(51)52/h14,23,25-27,29-31,33-35,37,54,65H,4-13,15-22,24,47-50H2,1-3H3,(H,53,57)(H,56,67)(H,58,72)(H,59,66)(H,60,70)(H,61,69)(H,62,71)(H,63,68)(H,74,75)(H4,51,52,55)/b32-14-/t27?,29-,30-,31+,33-,34-,35-,37-/m0/s1. The van der Waals surface area contributed by atoms with Crippen LogP contribution in [0.2, 0.25) is 0 Å². The number of nitrogens with two attached hydrogens (primary N) is 6. The molecule has 8 amide bonds. The summed E-state index contributed by atoms with van der Waals surface area (Å²) in [5.41, 5.74) is 33.7. The third-order valence-electron chi connectivity index (χ3n) is 11.8. The number of aliphatic imine (C=N–C) groups is 1. The highest BCUT2D eigenvalue weighted by atomic mass is 16.4. The molecule has 0 spiro atoms. The average Bonchev–Trinajstić information content (AvgIpc) is 4.09. The average molecular weight is 1060 g/mol. The Balaban J connectivity index is 2.17. The molecule has 8 atom stereocenters. The van der Waals surface area contributed by atoms with E-state index in [1.54, 1.807) is 0 Å². The van der Waals surface area contributed by atoms with Crippen LogP contribution in [-0.2, 0) is 49.6 Å². The fourth-order valence-corrected chi connectivity index (χ4v) is 7.70. The van der Waals surface area contributed by atoms with Crippen molar-refractivity contribution in [3.63, 3.8) is 0 Å². The van der Waals surface area contributed by atoms with Crippen LogP contribution in [-0.4, -0.2) is 185 Å². The van der Waals surface area contributed by atoms with Crippen molar-refractivity contribution in [2.75, 3.05) is 45.8 Å². The minimum Gasteiger partial charge on any atom is -0.477 e. The van der Waals surface area contributed by atoms with Crippen molar-refractivity contribution >= 4 is 59.2 Å². The number of carbonyl (C=O) groups is 9. The van der Waals surface area contributed by atoms with Gasteiger partial charge in [-0.15, -0.1) is 0 Å². The van der Waals surface area contributed by atoms with E-state index in [4.69, 9.17) is 34.4 Å². The number of amides is 8. The van der Waals surface area contributed by atoms with E-state index in [-0.39, 0.29) is 70.7 Å². The molecular weight excluding hydrogens is 981 g/mol. The highest BCUT2D eigenvalue weighted by molar-refractivity contribution is 5.99. The van der Waals surface area contributed by atoms with Crippen LogP contribution in [0.5, 0.6) is 0 Å². The Bertz CT molecular complexity index is 2070. The first kappa shape index (κ1) is 64.3. The van der Waals surface area contributed by atoms with Crippen LogP contribution in [0.4, 0.5) is 0 Å². The summed E-state index contributed by atoms with van der Waals surface area (Å²) >= 11 is 0. The molecule has 23 N–H and O–H groups in total. The van der Waals surface area contributed by atoms with Crippen LogP contribution < -0.4 is 76.9 Å². The van der Waals surface area contributed by atoms with Crippen LogP contribution in [0, 0.1) is 0 Å². The maximum absolute atomic E-state index is 14.2. The zero-order chi connectivity index (χ0) is 56.0. The van der Waals surface area contributed by atoms with Gasteiger partial charge in [0.05, 0.1) is 25.0 Å². The van der Waals surface area contributed by atoms with Gasteiger partial charge in [-0.1, -0.05) is 26.3 Å². The molecular formula is C46H82N18O11. The van der Waals surface area contributed by atoms with E-state index >= 15 is 0 Å². The molecule has 1 aromatic rings. The number of carboxylic acids is 1. The zero-order valence-electron chi connectivity index (χ0n) is 43.2. The predicted molar refractivity (Wildman–Crippen MR) is 276 cm³/mol. The highest BCUT2D eigenvalue weighted by Crippen LogP contribution is 2.20. The number of aliphatic hydroxyl groups excluding tert-OH is 1. The Morgan fingerprint density at radius 2 is 1.52 bits per heavy atom. The van der Waals surface area contributed by atoms with Gasteiger partial charge in [0.1, 0.15) is 41.9 Å². The van der Waals surface area contributed by atoms with Crippen LogP contribution in [0.25, 0.3) is 0 Å². The third kappa shape index (κ3) is 24.0. The van der Waals surface area contributed by atoms with Gasteiger partial charge in [-0.25, -0.2) is 9.78 Å². The van der Waals surface area contributed by atoms with Crippen molar-refractivity contribution in [2.45, 2.75) is 152 Å². The molecule has 1 saturated heterocycles. The van der Waals surface area contributed by atoms with Crippen molar-refractivity contribution in [2.24, 2.45) is 39.4 Å². The lowest BCUT2D eigenvalue weighted by Gasteiger charge is -2.30. The smallest absolute Gasteiger partial charge is 0.352 e. The second kappa shape index (κ2) is 34.7. The van der Waals surface area contributed by atoms with Gasteiger partial charge in [-0.05, 0) is 90.8 Å². The molecule has 29 nitrogen and oxygen atoms in total. The molecule has 1 unspecified atom stereocenters. The van der Waals surface area contributed by atoms with Gasteiger partial charge in [0, 0.05) is 44.0 Å². The summed E-state index contributed by atoms with van der Waals surface area (Å²) in [5.74, 6) is -7.94. The summed E-state index contributed by atoms with van der Waals surface area (Å²) in [6.07, 6.45) is 5.88. The number of likely N-dealkylation sites (tertiary alicyclic amines) is 1. The molecule has 1 aliphatic rings. The van der Waals surface area contributed by atoms with Gasteiger partial charge >= 0.3 is 5.97 Å². The molecule has 29 heteroatoms. The van der Waals surface area contributed by atoms with Gasteiger partial charge in [0.2, 0.25) is 47.3 Å². The number of aliphatic carboxylic acids is 1. The molecule has 0 aliphatic carbocycles. The van der Waals surface area contributed by atoms with Gasteiger partial charge in [-0.3, -0.25) is 43.3 Å². The molecule has 0 saturated carbocycles. The van der Waals surface area contributed by atoms with E-state index in [0.717, 1.165) is 13.0 Å². The number of guanidine groups is 1. The molecule has 1 fully saturated rings. The monoisotopic (exact) mass is 1060 g/mol. The van der Waals surface area contributed by atoms with Crippen LogP contribution in [0.3, 0.4) is 0 Å². The first-order valence-corrected chi connectivity index (χ1v) is 25.3.